The minimum atomic E-state index is -0.395. The molecule has 102 valence electrons. The van der Waals surface area contributed by atoms with Gasteiger partial charge in [0.2, 0.25) is 0 Å². The van der Waals surface area contributed by atoms with E-state index in [-0.39, 0.29) is 12.1 Å². The van der Waals surface area contributed by atoms with Crippen LogP contribution in [0.3, 0.4) is 0 Å². The van der Waals surface area contributed by atoms with E-state index in [9.17, 15) is 9.90 Å². The topological polar surface area (TPSA) is 52.6 Å². The van der Waals surface area contributed by atoms with E-state index in [1.165, 1.54) is 11.3 Å². The lowest BCUT2D eigenvalue weighted by molar-refractivity contribution is 0.162. The summed E-state index contributed by atoms with van der Waals surface area (Å²) in [7, 11) is 1.71. The molecule has 2 amide bonds. The first kappa shape index (κ1) is 15.3. The van der Waals surface area contributed by atoms with Gasteiger partial charge in [0.25, 0.3) is 0 Å². The number of nitrogens with one attached hydrogen (secondary N) is 1. The zero-order valence-electron chi connectivity index (χ0n) is 10.8. The van der Waals surface area contributed by atoms with E-state index in [1.54, 1.807) is 18.9 Å². The van der Waals surface area contributed by atoms with Crippen molar-refractivity contribution in [3.63, 3.8) is 0 Å². The summed E-state index contributed by atoms with van der Waals surface area (Å²) in [4.78, 5) is 14.4. The van der Waals surface area contributed by atoms with Crippen molar-refractivity contribution in [2.75, 3.05) is 13.6 Å². The summed E-state index contributed by atoms with van der Waals surface area (Å²) in [5.41, 5.74) is 0. The molecule has 2 N–H and O–H groups in total. The maximum Gasteiger partial charge on any atom is 0.317 e. The Kier molecular flexibility index (Phi) is 5.91. The molecule has 0 saturated carbocycles. The fraction of sp³-hybridized carbons (Fsp3) is 0.583. The van der Waals surface area contributed by atoms with E-state index in [0.717, 1.165) is 4.88 Å². The van der Waals surface area contributed by atoms with Crippen molar-refractivity contribution in [2.45, 2.75) is 32.4 Å². The largest absolute Gasteiger partial charge is 0.393 e. The quantitative estimate of drug-likeness (QED) is 0.876. The van der Waals surface area contributed by atoms with Crippen molar-refractivity contribution in [3.05, 3.63) is 21.3 Å². The third kappa shape index (κ3) is 4.84. The van der Waals surface area contributed by atoms with Crippen molar-refractivity contribution in [1.29, 1.82) is 0 Å². The van der Waals surface area contributed by atoms with Crippen LogP contribution in [-0.2, 0) is 0 Å². The van der Waals surface area contributed by atoms with Gasteiger partial charge >= 0.3 is 6.03 Å². The van der Waals surface area contributed by atoms with Crippen molar-refractivity contribution in [2.24, 2.45) is 0 Å². The van der Waals surface area contributed by atoms with Gasteiger partial charge in [0.05, 0.1) is 16.5 Å². The summed E-state index contributed by atoms with van der Waals surface area (Å²) in [5, 5.41) is 12.1. The molecule has 0 radical (unpaired) electrons. The smallest absolute Gasteiger partial charge is 0.317 e. The van der Waals surface area contributed by atoms with E-state index in [4.69, 9.17) is 11.6 Å². The highest BCUT2D eigenvalue weighted by Gasteiger charge is 2.14. The van der Waals surface area contributed by atoms with Gasteiger partial charge in [-0.25, -0.2) is 4.79 Å². The molecule has 1 aromatic heterocycles. The van der Waals surface area contributed by atoms with Crippen LogP contribution in [0.25, 0.3) is 0 Å². The second kappa shape index (κ2) is 6.97. The van der Waals surface area contributed by atoms with Crippen LogP contribution in [0.4, 0.5) is 4.79 Å². The van der Waals surface area contributed by atoms with Crippen LogP contribution in [0.2, 0.25) is 4.34 Å². The number of thiophene rings is 1. The van der Waals surface area contributed by atoms with Gasteiger partial charge in [-0.2, -0.15) is 0 Å². The Morgan fingerprint density at radius 2 is 2.22 bits per heavy atom. The number of nitrogens with zero attached hydrogens (tertiary/aromatic N) is 1. The molecule has 0 bridgehead atoms. The molecular weight excluding hydrogens is 272 g/mol. The average Bonchev–Trinajstić information content (AvgIpc) is 2.72. The fourth-order valence-electron chi connectivity index (χ4n) is 1.41. The third-order valence-electron chi connectivity index (χ3n) is 2.59. The normalized spacial score (nSPS) is 14.1. The number of amides is 2. The summed E-state index contributed by atoms with van der Waals surface area (Å²) < 4.78 is 0.716. The molecular formula is C12H19ClN2O2S. The highest BCUT2D eigenvalue weighted by molar-refractivity contribution is 7.16. The van der Waals surface area contributed by atoms with Gasteiger partial charge in [-0.15, -0.1) is 11.3 Å². The van der Waals surface area contributed by atoms with E-state index < -0.39 is 6.10 Å². The molecule has 0 aliphatic rings. The summed E-state index contributed by atoms with van der Waals surface area (Å²) in [6, 6.07) is 3.52. The Morgan fingerprint density at radius 1 is 1.56 bits per heavy atom. The highest BCUT2D eigenvalue weighted by Crippen LogP contribution is 2.26. The highest BCUT2D eigenvalue weighted by atomic mass is 35.5. The van der Waals surface area contributed by atoms with E-state index in [2.05, 4.69) is 5.32 Å². The zero-order chi connectivity index (χ0) is 13.7. The summed E-state index contributed by atoms with van der Waals surface area (Å²) in [6.07, 6.45) is 0.178. The Bertz CT molecular complexity index is 395. The monoisotopic (exact) mass is 290 g/mol. The minimum absolute atomic E-state index is 0.0657. The molecule has 0 spiro atoms. The second-order valence-corrected chi connectivity index (χ2v) is 6.12. The Morgan fingerprint density at radius 3 is 2.72 bits per heavy atom. The molecule has 0 fully saturated rings. The number of halogens is 1. The van der Waals surface area contributed by atoms with Crippen LogP contribution >= 0.6 is 22.9 Å². The van der Waals surface area contributed by atoms with Gasteiger partial charge in [-0.3, -0.25) is 0 Å². The maximum absolute atomic E-state index is 11.9. The Hall–Kier alpha value is -0.780. The number of carbonyl (C=O) groups excluding carboxylic acids is 1. The first-order valence-corrected chi connectivity index (χ1v) is 7.04. The fourth-order valence-corrected chi connectivity index (χ4v) is 2.47. The van der Waals surface area contributed by atoms with Crippen LogP contribution in [0.1, 0.15) is 31.2 Å². The Labute approximate surface area is 117 Å². The van der Waals surface area contributed by atoms with Crippen molar-refractivity contribution in [1.82, 2.24) is 10.2 Å². The van der Waals surface area contributed by atoms with E-state index in [0.29, 0.717) is 17.3 Å². The van der Waals surface area contributed by atoms with Crippen LogP contribution in [0.5, 0.6) is 0 Å². The molecule has 18 heavy (non-hydrogen) atoms. The van der Waals surface area contributed by atoms with Crippen molar-refractivity contribution in [3.8, 4) is 0 Å². The van der Waals surface area contributed by atoms with Gasteiger partial charge in [-0.05, 0) is 32.4 Å². The minimum Gasteiger partial charge on any atom is -0.393 e. The van der Waals surface area contributed by atoms with Crippen LogP contribution in [-0.4, -0.2) is 35.7 Å². The number of urea groups is 1. The maximum atomic E-state index is 11.9. The molecule has 2 atom stereocenters. The number of hydrogen-bond acceptors (Lipinski definition) is 3. The third-order valence-corrected chi connectivity index (χ3v) is 4.00. The molecule has 0 aliphatic carbocycles. The summed E-state index contributed by atoms with van der Waals surface area (Å²) in [6.45, 7) is 4.16. The van der Waals surface area contributed by atoms with E-state index in [1.807, 2.05) is 19.1 Å². The van der Waals surface area contributed by atoms with Gasteiger partial charge in [0, 0.05) is 18.5 Å². The zero-order valence-corrected chi connectivity index (χ0v) is 12.4. The molecule has 2 unspecified atom stereocenters. The molecule has 0 saturated heterocycles. The lowest BCUT2D eigenvalue weighted by Gasteiger charge is -2.21. The molecule has 0 aliphatic heterocycles. The number of carbonyl (C=O) groups is 1. The van der Waals surface area contributed by atoms with Gasteiger partial charge in [0.1, 0.15) is 0 Å². The first-order chi connectivity index (χ1) is 8.40. The SMILES string of the molecule is CC(O)CCN(C)C(=O)NC(C)c1ccc(Cl)s1. The lowest BCUT2D eigenvalue weighted by atomic mass is 10.2. The van der Waals surface area contributed by atoms with Crippen molar-refractivity contribution < 1.29 is 9.90 Å². The molecule has 1 heterocycles. The molecule has 6 heteroatoms. The number of aliphatic hydroxyl groups excluding tert-OH is 1. The van der Waals surface area contributed by atoms with Crippen LogP contribution < -0.4 is 5.32 Å². The average molecular weight is 291 g/mol. The van der Waals surface area contributed by atoms with Crippen LogP contribution in [0.15, 0.2) is 12.1 Å². The molecule has 1 rings (SSSR count). The second-order valence-electron chi connectivity index (χ2n) is 4.37. The lowest BCUT2D eigenvalue weighted by Crippen LogP contribution is -2.39. The van der Waals surface area contributed by atoms with E-state index >= 15 is 0 Å². The first-order valence-electron chi connectivity index (χ1n) is 5.85. The van der Waals surface area contributed by atoms with Gasteiger partial charge < -0.3 is 15.3 Å². The summed E-state index contributed by atoms with van der Waals surface area (Å²) in [5.74, 6) is 0. The predicted molar refractivity (Wildman–Crippen MR) is 75.2 cm³/mol. The number of hydrogen-bond donors (Lipinski definition) is 2. The van der Waals surface area contributed by atoms with Crippen LogP contribution in [0, 0.1) is 0 Å². The van der Waals surface area contributed by atoms with Crippen molar-refractivity contribution >= 4 is 29.0 Å². The predicted octanol–water partition coefficient (Wildman–Crippen LogP) is 2.87. The standard InChI is InChI=1S/C12H19ClN2O2S/c1-8(16)6-7-15(3)12(17)14-9(2)10-4-5-11(13)18-10/h4-5,8-9,16H,6-7H2,1-3H3,(H,14,17). The molecule has 1 aromatic rings. The molecule has 0 aromatic carbocycles. The number of aliphatic hydroxyl groups is 1. The van der Waals surface area contributed by atoms with Gasteiger partial charge in [0.15, 0.2) is 0 Å². The molecule has 4 nitrogen and oxygen atoms in total. The van der Waals surface area contributed by atoms with Gasteiger partial charge in [-0.1, -0.05) is 11.6 Å². The Balaban J connectivity index is 2.44. The number of rotatable bonds is 5. The summed E-state index contributed by atoms with van der Waals surface area (Å²) >= 11 is 7.32.